The molecule has 3 nitrogen and oxygen atoms in total. The van der Waals surface area contributed by atoms with Crippen molar-refractivity contribution in [1.82, 2.24) is 5.32 Å². The first-order valence-electron chi connectivity index (χ1n) is 7.79. The van der Waals surface area contributed by atoms with Crippen molar-refractivity contribution in [3.8, 4) is 0 Å². The standard InChI is InChI=1S/C17H26N2O/c1-2-16(14-6-4-3-5-7-14)17(20)19-12-13-8-10-15(18)11-9-13/h3-7,13,15-16H,2,8-12,18H2,1H3,(H,19,20). The van der Waals surface area contributed by atoms with Gasteiger partial charge in [0.2, 0.25) is 5.91 Å². The summed E-state index contributed by atoms with van der Waals surface area (Å²) in [4.78, 5) is 12.3. The summed E-state index contributed by atoms with van der Waals surface area (Å²) in [5.74, 6) is 0.739. The van der Waals surface area contributed by atoms with Gasteiger partial charge in [0.15, 0.2) is 0 Å². The van der Waals surface area contributed by atoms with Crippen molar-refractivity contribution in [3.05, 3.63) is 35.9 Å². The summed E-state index contributed by atoms with van der Waals surface area (Å²) in [5.41, 5.74) is 7.02. The van der Waals surface area contributed by atoms with Crippen molar-refractivity contribution in [2.45, 2.75) is 51.0 Å². The minimum atomic E-state index is -0.0259. The maximum atomic E-state index is 12.3. The molecule has 0 radical (unpaired) electrons. The normalized spacial score (nSPS) is 24.1. The maximum absolute atomic E-state index is 12.3. The van der Waals surface area contributed by atoms with Gasteiger partial charge in [0.05, 0.1) is 5.92 Å². The van der Waals surface area contributed by atoms with Gasteiger partial charge in [0.1, 0.15) is 0 Å². The molecule has 110 valence electrons. The van der Waals surface area contributed by atoms with E-state index in [2.05, 4.69) is 12.2 Å². The fraction of sp³-hybridized carbons (Fsp3) is 0.588. The third-order valence-corrected chi connectivity index (χ3v) is 4.38. The Balaban J connectivity index is 1.84. The van der Waals surface area contributed by atoms with Crippen LogP contribution in [0.2, 0.25) is 0 Å². The van der Waals surface area contributed by atoms with Crippen LogP contribution in [0.5, 0.6) is 0 Å². The highest BCUT2D eigenvalue weighted by Crippen LogP contribution is 2.23. The second kappa shape index (κ2) is 7.44. The second-order valence-corrected chi connectivity index (χ2v) is 5.90. The number of amides is 1. The van der Waals surface area contributed by atoms with Gasteiger partial charge in [-0.2, -0.15) is 0 Å². The molecule has 1 aliphatic rings. The van der Waals surface area contributed by atoms with E-state index in [9.17, 15) is 4.79 Å². The van der Waals surface area contributed by atoms with Crippen LogP contribution < -0.4 is 11.1 Å². The number of nitrogens with two attached hydrogens (primary N) is 1. The molecular weight excluding hydrogens is 248 g/mol. The number of rotatable bonds is 5. The molecule has 0 aliphatic heterocycles. The van der Waals surface area contributed by atoms with Crippen LogP contribution >= 0.6 is 0 Å². The first-order valence-corrected chi connectivity index (χ1v) is 7.79. The van der Waals surface area contributed by atoms with E-state index in [0.717, 1.165) is 44.2 Å². The van der Waals surface area contributed by atoms with Crippen molar-refractivity contribution in [2.75, 3.05) is 6.54 Å². The van der Waals surface area contributed by atoms with Crippen LogP contribution in [0, 0.1) is 5.92 Å². The van der Waals surface area contributed by atoms with Crippen molar-refractivity contribution in [2.24, 2.45) is 11.7 Å². The highest BCUT2D eigenvalue weighted by molar-refractivity contribution is 5.83. The smallest absolute Gasteiger partial charge is 0.227 e. The molecule has 20 heavy (non-hydrogen) atoms. The molecule has 1 fully saturated rings. The van der Waals surface area contributed by atoms with E-state index in [4.69, 9.17) is 5.73 Å². The number of hydrogen-bond donors (Lipinski definition) is 2. The van der Waals surface area contributed by atoms with Crippen molar-refractivity contribution in [3.63, 3.8) is 0 Å². The van der Waals surface area contributed by atoms with Crippen LogP contribution in [0.4, 0.5) is 0 Å². The molecule has 3 heteroatoms. The molecule has 1 atom stereocenters. The highest BCUT2D eigenvalue weighted by atomic mass is 16.1. The predicted molar refractivity (Wildman–Crippen MR) is 82.4 cm³/mol. The third-order valence-electron chi connectivity index (χ3n) is 4.38. The van der Waals surface area contributed by atoms with Crippen LogP contribution in [-0.4, -0.2) is 18.5 Å². The molecule has 1 aromatic rings. The summed E-state index contributed by atoms with van der Waals surface area (Å²) in [6.45, 7) is 2.87. The predicted octanol–water partition coefficient (Wildman–Crippen LogP) is 2.81. The molecule has 1 saturated carbocycles. The molecule has 1 aromatic carbocycles. The number of carbonyl (C=O) groups is 1. The lowest BCUT2D eigenvalue weighted by Gasteiger charge is -2.26. The van der Waals surface area contributed by atoms with Gasteiger partial charge in [0, 0.05) is 12.6 Å². The van der Waals surface area contributed by atoms with Gasteiger partial charge >= 0.3 is 0 Å². The van der Waals surface area contributed by atoms with E-state index < -0.39 is 0 Å². The number of hydrogen-bond acceptors (Lipinski definition) is 2. The van der Waals surface area contributed by atoms with Crippen LogP contribution in [0.1, 0.15) is 50.5 Å². The average molecular weight is 274 g/mol. The van der Waals surface area contributed by atoms with Crippen molar-refractivity contribution in [1.29, 1.82) is 0 Å². The van der Waals surface area contributed by atoms with Gasteiger partial charge < -0.3 is 11.1 Å². The molecule has 1 aliphatic carbocycles. The summed E-state index contributed by atoms with van der Waals surface area (Å²) < 4.78 is 0. The fourth-order valence-electron chi connectivity index (χ4n) is 3.02. The Morgan fingerprint density at radius 3 is 2.50 bits per heavy atom. The Labute approximate surface area is 121 Å². The first-order chi connectivity index (χ1) is 9.70. The lowest BCUT2D eigenvalue weighted by molar-refractivity contribution is -0.122. The van der Waals surface area contributed by atoms with Gasteiger partial charge in [-0.05, 0) is 43.6 Å². The van der Waals surface area contributed by atoms with E-state index in [1.54, 1.807) is 0 Å². The summed E-state index contributed by atoms with van der Waals surface area (Å²) in [7, 11) is 0. The first kappa shape index (κ1) is 15.0. The molecule has 0 aromatic heterocycles. The van der Waals surface area contributed by atoms with Crippen molar-refractivity contribution >= 4 is 5.91 Å². The fourth-order valence-corrected chi connectivity index (χ4v) is 3.02. The van der Waals surface area contributed by atoms with Crippen LogP contribution in [0.3, 0.4) is 0 Å². The monoisotopic (exact) mass is 274 g/mol. The van der Waals surface area contributed by atoms with Gasteiger partial charge in [-0.15, -0.1) is 0 Å². The molecule has 2 rings (SSSR count). The van der Waals surface area contributed by atoms with Gasteiger partial charge in [0.25, 0.3) is 0 Å². The van der Waals surface area contributed by atoms with Crippen LogP contribution in [0.15, 0.2) is 30.3 Å². The van der Waals surface area contributed by atoms with E-state index in [1.165, 1.54) is 0 Å². The van der Waals surface area contributed by atoms with E-state index >= 15 is 0 Å². The molecule has 1 unspecified atom stereocenters. The Bertz CT molecular complexity index is 410. The number of carbonyl (C=O) groups excluding carboxylic acids is 1. The second-order valence-electron chi connectivity index (χ2n) is 5.90. The molecule has 1 amide bonds. The zero-order valence-corrected chi connectivity index (χ0v) is 12.3. The summed E-state index contributed by atoms with van der Waals surface area (Å²) in [5, 5.41) is 3.14. The summed E-state index contributed by atoms with van der Waals surface area (Å²) in [6.07, 6.45) is 5.31. The zero-order valence-electron chi connectivity index (χ0n) is 12.3. The lowest BCUT2D eigenvalue weighted by Crippen LogP contribution is -2.36. The zero-order chi connectivity index (χ0) is 14.4. The third kappa shape index (κ3) is 4.07. The highest BCUT2D eigenvalue weighted by Gasteiger charge is 2.22. The SMILES string of the molecule is CCC(C(=O)NCC1CCC(N)CC1)c1ccccc1. The van der Waals surface area contributed by atoms with E-state index in [1.807, 2.05) is 30.3 Å². The van der Waals surface area contributed by atoms with Gasteiger partial charge in [-0.25, -0.2) is 0 Å². The topological polar surface area (TPSA) is 55.1 Å². The Kier molecular flexibility index (Phi) is 5.60. The van der Waals surface area contributed by atoms with Crippen LogP contribution in [0.25, 0.3) is 0 Å². The molecular formula is C17H26N2O. The maximum Gasteiger partial charge on any atom is 0.227 e. The quantitative estimate of drug-likeness (QED) is 0.867. The number of nitrogens with one attached hydrogen (secondary N) is 1. The Hall–Kier alpha value is -1.35. The van der Waals surface area contributed by atoms with Crippen molar-refractivity contribution < 1.29 is 4.79 Å². The Morgan fingerprint density at radius 1 is 1.25 bits per heavy atom. The minimum Gasteiger partial charge on any atom is -0.355 e. The molecule has 3 N–H and O–H groups in total. The summed E-state index contributed by atoms with van der Waals surface area (Å²) >= 11 is 0. The summed E-state index contributed by atoms with van der Waals surface area (Å²) in [6, 6.07) is 10.4. The molecule has 0 bridgehead atoms. The van der Waals surface area contributed by atoms with Crippen LogP contribution in [-0.2, 0) is 4.79 Å². The lowest BCUT2D eigenvalue weighted by atomic mass is 9.86. The molecule has 0 spiro atoms. The van der Waals surface area contributed by atoms with E-state index in [-0.39, 0.29) is 11.8 Å². The Morgan fingerprint density at radius 2 is 1.90 bits per heavy atom. The molecule has 0 saturated heterocycles. The minimum absolute atomic E-state index is 0.0259. The molecule has 0 heterocycles. The van der Waals surface area contributed by atoms with Gasteiger partial charge in [-0.3, -0.25) is 4.79 Å². The average Bonchev–Trinajstić information content (AvgIpc) is 2.48. The number of benzene rings is 1. The van der Waals surface area contributed by atoms with E-state index in [0.29, 0.717) is 12.0 Å². The van der Waals surface area contributed by atoms with Gasteiger partial charge in [-0.1, -0.05) is 37.3 Å². The largest absolute Gasteiger partial charge is 0.355 e.